The maximum atomic E-state index is 9.96. The molecule has 19 heavy (non-hydrogen) atoms. The Kier molecular flexibility index (Phi) is 3.25. The van der Waals surface area contributed by atoms with Crippen LogP contribution in [0.3, 0.4) is 0 Å². The van der Waals surface area contributed by atoms with E-state index < -0.39 is 24.5 Å². The van der Waals surface area contributed by atoms with Crippen LogP contribution in [0.1, 0.15) is 6.23 Å². The molecular weight excluding hydrogens is 319 g/mol. The second-order valence-electron chi connectivity index (χ2n) is 4.23. The summed E-state index contributed by atoms with van der Waals surface area (Å²) in [4.78, 5) is 8.09. The average molecular weight is 330 g/mol. The van der Waals surface area contributed by atoms with Crippen molar-refractivity contribution in [3.05, 3.63) is 12.5 Å². The Bertz CT molecular complexity index is 606. The molecule has 4 atom stereocenters. The van der Waals surface area contributed by atoms with Gasteiger partial charge in [-0.3, -0.25) is 0 Å². The van der Waals surface area contributed by atoms with Gasteiger partial charge in [-0.05, 0) is 0 Å². The average Bonchev–Trinajstić information content (AvgIpc) is 2.94. The molecule has 8 nitrogen and oxygen atoms in total. The van der Waals surface area contributed by atoms with E-state index in [0.717, 1.165) is 0 Å². The minimum absolute atomic E-state index is 0.379. The zero-order valence-corrected chi connectivity index (χ0v) is 11.3. The summed E-state index contributed by atoms with van der Waals surface area (Å²) in [5.41, 5.74) is 0.485. The molecule has 101 valence electrons. The molecule has 1 saturated heterocycles. The third-order valence-electron chi connectivity index (χ3n) is 3.11. The van der Waals surface area contributed by atoms with E-state index in [1.807, 2.05) is 0 Å². The Morgan fingerprint density at radius 2 is 2.11 bits per heavy atom. The molecule has 2 aromatic heterocycles. The molecule has 0 amide bonds. The van der Waals surface area contributed by atoms with Crippen LogP contribution in [0.15, 0.2) is 12.5 Å². The Morgan fingerprint density at radius 3 is 2.79 bits per heavy atom. The maximum absolute atomic E-state index is 9.96. The first-order valence-corrected chi connectivity index (χ1v) is 6.47. The van der Waals surface area contributed by atoms with Crippen LogP contribution in [0, 0.1) is 0 Å². The fourth-order valence-corrected chi connectivity index (χ4v) is 2.51. The first-order valence-electron chi connectivity index (χ1n) is 5.61. The van der Waals surface area contributed by atoms with Gasteiger partial charge in [0.1, 0.15) is 0 Å². The summed E-state index contributed by atoms with van der Waals surface area (Å²) in [6.07, 6.45) is -1.15. The van der Waals surface area contributed by atoms with E-state index in [2.05, 4.69) is 31.1 Å². The minimum atomic E-state index is -1.18. The topological polar surface area (TPSA) is 114 Å². The number of aliphatic hydroxyl groups excluding tert-OH is 3. The van der Waals surface area contributed by atoms with Crippen LogP contribution < -0.4 is 4.59 Å². The standard InChI is InChI=1S/C10H11N4O4Se/c15-2-5-6(16)7(17)10(18-5)14-8-4(1-13-14)9(19)12-3-11-8/h1,3,5-7,10,15-17H,2H2. The van der Waals surface area contributed by atoms with Gasteiger partial charge in [-0.25, -0.2) is 0 Å². The summed E-state index contributed by atoms with van der Waals surface area (Å²) in [5, 5.41) is 33.6. The first kappa shape index (κ1) is 12.9. The normalized spacial score (nSPS) is 31.1. The molecule has 1 fully saturated rings. The van der Waals surface area contributed by atoms with E-state index in [9.17, 15) is 10.2 Å². The molecule has 1 aliphatic rings. The predicted octanol–water partition coefficient (Wildman–Crippen LogP) is -2.77. The van der Waals surface area contributed by atoms with Gasteiger partial charge in [0, 0.05) is 0 Å². The van der Waals surface area contributed by atoms with Gasteiger partial charge < -0.3 is 0 Å². The van der Waals surface area contributed by atoms with Gasteiger partial charge in [-0.15, -0.1) is 0 Å². The monoisotopic (exact) mass is 331 g/mol. The fourth-order valence-electron chi connectivity index (χ4n) is 2.11. The molecule has 0 aromatic carbocycles. The van der Waals surface area contributed by atoms with Crippen molar-refractivity contribution in [3.63, 3.8) is 0 Å². The first-order chi connectivity index (χ1) is 9.13. The Balaban J connectivity index is 2.04. The van der Waals surface area contributed by atoms with E-state index in [4.69, 9.17) is 9.84 Å². The summed E-state index contributed by atoms with van der Waals surface area (Å²) in [6.45, 7) is -0.379. The van der Waals surface area contributed by atoms with Crippen LogP contribution in [-0.4, -0.2) is 76.0 Å². The fraction of sp³-hybridized carbons (Fsp3) is 0.500. The number of hydrogen-bond acceptors (Lipinski definition) is 7. The van der Waals surface area contributed by atoms with Gasteiger partial charge in [0.2, 0.25) is 0 Å². The molecule has 0 spiro atoms. The van der Waals surface area contributed by atoms with Crippen molar-refractivity contribution in [2.45, 2.75) is 24.5 Å². The number of fused-ring (bicyclic) bond motifs is 1. The molecule has 3 N–H and O–H groups in total. The van der Waals surface area contributed by atoms with Crippen molar-refractivity contribution in [1.29, 1.82) is 0 Å². The van der Waals surface area contributed by atoms with E-state index in [1.54, 1.807) is 6.20 Å². The van der Waals surface area contributed by atoms with Gasteiger partial charge in [-0.2, -0.15) is 0 Å². The summed E-state index contributed by atoms with van der Waals surface area (Å²) < 4.78 is 7.43. The number of ether oxygens (including phenoxy) is 1. The molecule has 0 aliphatic carbocycles. The number of aromatic nitrogens is 4. The summed E-state index contributed by atoms with van der Waals surface area (Å²) in [5.74, 6) is 0. The van der Waals surface area contributed by atoms with E-state index in [-0.39, 0.29) is 6.61 Å². The van der Waals surface area contributed by atoms with E-state index in [1.165, 1.54) is 11.0 Å². The van der Waals surface area contributed by atoms with Gasteiger partial charge >= 0.3 is 115 Å². The van der Waals surface area contributed by atoms with Crippen molar-refractivity contribution < 1.29 is 20.1 Å². The van der Waals surface area contributed by atoms with Crippen molar-refractivity contribution in [1.82, 2.24) is 19.7 Å². The van der Waals surface area contributed by atoms with Crippen molar-refractivity contribution in [2.24, 2.45) is 0 Å². The Hall–Kier alpha value is -1.09. The quantitative estimate of drug-likeness (QED) is 0.511. The van der Waals surface area contributed by atoms with Crippen LogP contribution in [0.2, 0.25) is 0 Å². The van der Waals surface area contributed by atoms with Crippen LogP contribution in [-0.2, 0) is 4.74 Å². The molecule has 1 aliphatic heterocycles. The molecule has 0 saturated carbocycles. The Labute approximate surface area is 115 Å². The molecule has 2 aromatic rings. The zero-order valence-electron chi connectivity index (χ0n) is 9.62. The van der Waals surface area contributed by atoms with Crippen LogP contribution in [0.25, 0.3) is 11.0 Å². The number of aliphatic hydroxyl groups is 3. The SMILES string of the molecule is OCC1OC(n2ncc3c([Se])ncnc32)C(O)C1O. The van der Waals surface area contributed by atoms with Crippen LogP contribution in [0.5, 0.6) is 0 Å². The van der Waals surface area contributed by atoms with Crippen LogP contribution in [0.4, 0.5) is 0 Å². The second-order valence-corrected chi connectivity index (χ2v) is 5.05. The van der Waals surface area contributed by atoms with Gasteiger partial charge in [0.15, 0.2) is 0 Å². The third-order valence-corrected chi connectivity index (χ3v) is 3.80. The molecule has 3 rings (SSSR count). The van der Waals surface area contributed by atoms with Crippen LogP contribution >= 0.6 is 0 Å². The number of hydrogen-bond donors (Lipinski definition) is 3. The summed E-state index contributed by atoms with van der Waals surface area (Å²) in [6, 6.07) is 0. The number of rotatable bonds is 2. The molecule has 4 unspecified atom stereocenters. The molecule has 1 radical (unpaired) electrons. The van der Waals surface area contributed by atoms with Crippen molar-refractivity contribution >= 4 is 31.6 Å². The molecular formula is C10H11N4O4Se. The third kappa shape index (κ3) is 1.95. The van der Waals surface area contributed by atoms with Gasteiger partial charge in [0.25, 0.3) is 0 Å². The molecule has 0 bridgehead atoms. The van der Waals surface area contributed by atoms with Crippen molar-refractivity contribution in [2.75, 3.05) is 6.61 Å². The summed E-state index contributed by atoms with van der Waals surface area (Å²) in [7, 11) is 0. The second kappa shape index (κ2) is 4.78. The summed E-state index contributed by atoms with van der Waals surface area (Å²) >= 11 is 2.79. The van der Waals surface area contributed by atoms with Gasteiger partial charge in [-0.1, -0.05) is 0 Å². The Morgan fingerprint density at radius 1 is 1.32 bits per heavy atom. The zero-order chi connectivity index (χ0) is 13.6. The molecule has 9 heteroatoms. The molecule has 3 heterocycles. The van der Waals surface area contributed by atoms with Crippen molar-refractivity contribution in [3.8, 4) is 0 Å². The van der Waals surface area contributed by atoms with E-state index >= 15 is 0 Å². The number of nitrogens with zero attached hydrogens (tertiary/aromatic N) is 4. The van der Waals surface area contributed by atoms with Gasteiger partial charge in [0.05, 0.1) is 0 Å². The van der Waals surface area contributed by atoms with E-state index in [0.29, 0.717) is 15.6 Å². The predicted molar refractivity (Wildman–Crippen MR) is 63.7 cm³/mol.